The smallest absolute Gasteiger partial charge is 0.243 e. The maximum atomic E-state index is 13.1. The number of hydrogen-bond donors (Lipinski definition) is 1. The van der Waals surface area contributed by atoms with Crippen LogP contribution in [-0.2, 0) is 0 Å². The Morgan fingerprint density at radius 3 is 3.00 bits per heavy atom. The molecule has 19 heavy (non-hydrogen) atoms. The van der Waals surface area contributed by atoms with E-state index < -0.39 is 5.82 Å². The van der Waals surface area contributed by atoms with Gasteiger partial charge < -0.3 is 10.3 Å². The zero-order valence-corrected chi connectivity index (χ0v) is 11.8. The van der Waals surface area contributed by atoms with Gasteiger partial charge in [-0.15, -0.1) is 0 Å². The van der Waals surface area contributed by atoms with Gasteiger partial charge in [0.1, 0.15) is 5.82 Å². The van der Waals surface area contributed by atoms with E-state index in [0.29, 0.717) is 17.3 Å². The fourth-order valence-electron chi connectivity index (χ4n) is 1.51. The normalized spacial score (nSPS) is 12.6. The van der Waals surface area contributed by atoms with E-state index in [1.165, 1.54) is 12.1 Å². The van der Waals surface area contributed by atoms with E-state index in [2.05, 4.69) is 10.1 Å². The van der Waals surface area contributed by atoms with Crippen molar-refractivity contribution in [2.45, 2.75) is 12.5 Å². The second-order valence-corrected chi connectivity index (χ2v) is 5.37. The van der Waals surface area contributed by atoms with Gasteiger partial charge in [-0.1, -0.05) is 16.8 Å². The first-order chi connectivity index (χ1) is 9.11. The van der Waals surface area contributed by atoms with Crippen molar-refractivity contribution < 1.29 is 8.91 Å². The summed E-state index contributed by atoms with van der Waals surface area (Å²) < 4.78 is 18.2. The van der Waals surface area contributed by atoms with Crippen LogP contribution in [0.4, 0.5) is 4.39 Å². The summed E-state index contributed by atoms with van der Waals surface area (Å²) >= 11 is 7.42. The van der Waals surface area contributed by atoms with Crippen molar-refractivity contribution >= 4 is 23.4 Å². The minimum Gasteiger partial charge on any atom is -0.337 e. The van der Waals surface area contributed by atoms with Gasteiger partial charge in [0.05, 0.1) is 11.1 Å². The number of benzene rings is 1. The topological polar surface area (TPSA) is 64.9 Å². The van der Waals surface area contributed by atoms with E-state index >= 15 is 0 Å². The molecule has 2 rings (SSSR count). The van der Waals surface area contributed by atoms with Gasteiger partial charge in [-0.05, 0) is 36.6 Å². The van der Waals surface area contributed by atoms with Gasteiger partial charge in [-0.2, -0.15) is 16.7 Å². The monoisotopic (exact) mass is 301 g/mol. The lowest BCUT2D eigenvalue weighted by atomic mass is 10.2. The molecule has 1 atom stereocenters. The lowest BCUT2D eigenvalue weighted by molar-refractivity contribution is 0.353. The van der Waals surface area contributed by atoms with E-state index in [4.69, 9.17) is 21.9 Å². The van der Waals surface area contributed by atoms with Gasteiger partial charge in [0.2, 0.25) is 11.7 Å². The minimum absolute atomic E-state index is 0.0236. The molecular formula is C12H13ClFN3OS. The Bertz CT molecular complexity index is 564. The zero-order valence-electron chi connectivity index (χ0n) is 10.3. The molecule has 0 aliphatic rings. The van der Waals surface area contributed by atoms with Crippen LogP contribution in [0.2, 0.25) is 5.02 Å². The number of halogens is 2. The summed E-state index contributed by atoms with van der Waals surface area (Å²) in [4.78, 5) is 4.21. The van der Waals surface area contributed by atoms with Gasteiger partial charge >= 0.3 is 0 Å². The molecule has 0 radical (unpaired) electrons. The number of nitrogens with zero attached hydrogens (tertiary/aromatic N) is 2. The highest BCUT2D eigenvalue weighted by molar-refractivity contribution is 7.98. The number of hydrogen-bond acceptors (Lipinski definition) is 5. The lowest BCUT2D eigenvalue weighted by Gasteiger charge is -2.03. The summed E-state index contributed by atoms with van der Waals surface area (Å²) in [5, 5.41) is 3.86. The zero-order chi connectivity index (χ0) is 13.8. The third-order valence-electron chi connectivity index (χ3n) is 2.57. The fourth-order valence-corrected chi connectivity index (χ4v) is 2.18. The summed E-state index contributed by atoms with van der Waals surface area (Å²) in [6.45, 7) is 0. The van der Waals surface area contributed by atoms with E-state index in [-0.39, 0.29) is 11.1 Å². The van der Waals surface area contributed by atoms with E-state index in [9.17, 15) is 4.39 Å². The molecule has 0 saturated carbocycles. The van der Waals surface area contributed by atoms with Crippen molar-refractivity contribution in [2.75, 3.05) is 12.0 Å². The van der Waals surface area contributed by atoms with Crippen molar-refractivity contribution in [1.29, 1.82) is 0 Å². The SMILES string of the molecule is CSCCC(N)c1nc(-c2ccc(F)c(Cl)c2)no1. The minimum atomic E-state index is -0.481. The van der Waals surface area contributed by atoms with Gasteiger partial charge in [0.25, 0.3) is 0 Å². The van der Waals surface area contributed by atoms with Crippen molar-refractivity contribution in [2.24, 2.45) is 5.73 Å². The molecule has 2 aromatic rings. The summed E-state index contributed by atoms with van der Waals surface area (Å²) in [5.41, 5.74) is 6.53. The molecule has 0 amide bonds. The molecule has 0 bridgehead atoms. The fraction of sp³-hybridized carbons (Fsp3) is 0.333. The van der Waals surface area contributed by atoms with E-state index in [1.54, 1.807) is 17.8 Å². The highest BCUT2D eigenvalue weighted by atomic mass is 35.5. The molecule has 1 heterocycles. The maximum Gasteiger partial charge on any atom is 0.243 e. The average molecular weight is 302 g/mol. The Hall–Kier alpha value is -1.11. The van der Waals surface area contributed by atoms with Crippen LogP contribution in [-0.4, -0.2) is 22.1 Å². The van der Waals surface area contributed by atoms with Crippen LogP contribution < -0.4 is 5.73 Å². The highest BCUT2D eigenvalue weighted by Crippen LogP contribution is 2.24. The van der Waals surface area contributed by atoms with Gasteiger partial charge in [0.15, 0.2) is 0 Å². The molecule has 102 valence electrons. The Labute approximate surface area is 119 Å². The van der Waals surface area contributed by atoms with Crippen molar-refractivity contribution in [3.8, 4) is 11.4 Å². The lowest BCUT2D eigenvalue weighted by Crippen LogP contribution is -2.11. The standard InChI is InChI=1S/C12H13ClFN3OS/c1-19-5-4-10(15)12-16-11(17-18-12)7-2-3-9(14)8(13)6-7/h2-3,6,10H,4-5,15H2,1H3. The number of rotatable bonds is 5. The van der Waals surface area contributed by atoms with E-state index in [1.807, 2.05) is 6.26 Å². The largest absolute Gasteiger partial charge is 0.337 e. The Balaban J connectivity index is 2.18. The molecule has 0 aliphatic heterocycles. The third-order valence-corrected chi connectivity index (χ3v) is 3.50. The third kappa shape index (κ3) is 3.46. The van der Waals surface area contributed by atoms with Gasteiger partial charge in [-0.3, -0.25) is 0 Å². The summed E-state index contributed by atoms with van der Waals surface area (Å²) in [6.07, 6.45) is 2.76. The Kier molecular flexibility index (Phi) is 4.79. The molecule has 1 unspecified atom stereocenters. The molecule has 1 aromatic carbocycles. The molecule has 0 fully saturated rings. The first-order valence-corrected chi connectivity index (χ1v) is 7.42. The number of nitrogens with two attached hydrogens (primary N) is 1. The van der Waals surface area contributed by atoms with Crippen LogP contribution >= 0.6 is 23.4 Å². The predicted octanol–water partition coefficient (Wildman–Crippen LogP) is 3.28. The van der Waals surface area contributed by atoms with Gasteiger partial charge in [0, 0.05) is 5.56 Å². The summed E-state index contributed by atoms with van der Waals surface area (Å²) in [6, 6.07) is 3.98. The van der Waals surface area contributed by atoms with Crippen LogP contribution in [0.1, 0.15) is 18.4 Å². The predicted molar refractivity (Wildman–Crippen MR) is 74.6 cm³/mol. The van der Waals surface area contributed by atoms with Gasteiger partial charge in [-0.25, -0.2) is 4.39 Å². The maximum absolute atomic E-state index is 13.1. The van der Waals surface area contributed by atoms with Crippen LogP contribution in [0.5, 0.6) is 0 Å². The molecule has 0 aliphatic carbocycles. The van der Waals surface area contributed by atoms with Crippen molar-refractivity contribution in [3.63, 3.8) is 0 Å². The first-order valence-electron chi connectivity index (χ1n) is 5.65. The molecule has 7 heteroatoms. The average Bonchev–Trinajstić information content (AvgIpc) is 2.89. The molecule has 4 nitrogen and oxygen atoms in total. The summed E-state index contributed by atoms with van der Waals surface area (Å²) in [5.74, 6) is 1.17. The molecule has 0 saturated heterocycles. The summed E-state index contributed by atoms with van der Waals surface area (Å²) in [7, 11) is 0. The molecule has 0 spiro atoms. The number of thioether (sulfide) groups is 1. The second-order valence-electron chi connectivity index (χ2n) is 3.97. The molecule has 1 aromatic heterocycles. The Morgan fingerprint density at radius 2 is 2.32 bits per heavy atom. The van der Waals surface area contributed by atoms with Crippen molar-refractivity contribution in [1.82, 2.24) is 10.1 Å². The van der Waals surface area contributed by atoms with Crippen LogP contribution in [0.25, 0.3) is 11.4 Å². The van der Waals surface area contributed by atoms with E-state index in [0.717, 1.165) is 12.2 Å². The highest BCUT2D eigenvalue weighted by Gasteiger charge is 2.16. The van der Waals surface area contributed by atoms with Crippen LogP contribution in [0.3, 0.4) is 0 Å². The van der Waals surface area contributed by atoms with Crippen LogP contribution in [0.15, 0.2) is 22.7 Å². The first kappa shape index (κ1) is 14.3. The van der Waals surface area contributed by atoms with Crippen LogP contribution in [0, 0.1) is 5.82 Å². The second kappa shape index (κ2) is 6.36. The molecular weight excluding hydrogens is 289 g/mol. The Morgan fingerprint density at radius 1 is 1.53 bits per heavy atom. The molecule has 2 N–H and O–H groups in total. The number of aromatic nitrogens is 2. The quantitative estimate of drug-likeness (QED) is 0.918. The van der Waals surface area contributed by atoms with Crippen molar-refractivity contribution in [3.05, 3.63) is 34.9 Å².